The van der Waals surface area contributed by atoms with E-state index in [0.29, 0.717) is 6.42 Å². The summed E-state index contributed by atoms with van der Waals surface area (Å²) in [5, 5.41) is 6.96. The Labute approximate surface area is 114 Å². The van der Waals surface area contributed by atoms with Crippen molar-refractivity contribution in [1.29, 1.82) is 0 Å². The van der Waals surface area contributed by atoms with Crippen molar-refractivity contribution in [3.8, 4) is 0 Å². The molecule has 92 valence electrons. The minimum atomic E-state index is 0.137. The summed E-state index contributed by atoms with van der Waals surface area (Å²) in [5.41, 5.74) is 2.00. The van der Waals surface area contributed by atoms with Crippen LogP contribution in [0.5, 0.6) is 0 Å². The Bertz CT molecular complexity index is 450. The minimum Gasteiger partial charge on any atom is -0.382 e. The highest BCUT2D eigenvalue weighted by atomic mass is 79.9. The Morgan fingerprint density at radius 1 is 1.59 bits per heavy atom. The lowest BCUT2D eigenvalue weighted by Gasteiger charge is -2.14. The van der Waals surface area contributed by atoms with E-state index in [9.17, 15) is 4.79 Å². The summed E-state index contributed by atoms with van der Waals surface area (Å²) in [6.45, 7) is 2.69. The van der Waals surface area contributed by atoms with Gasteiger partial charge in [-0.15, -0.1) is 0 Å². The zero-order chi connectivity index (χ0) is 12.4. The van der Waals surface area contributed by atoms with Crippen LogP contribution in [0.2, 0.25) is 5.02 Å². The summed E-state index contributed by atoms with van der Waals surface area (Å²) in [6.07, 6.45) is 1.52. The number of carbonyl (C=O) groups is 1. The monoisotopic (exact) mass is 316 g/mol. The van der Waals surface area contributed by atoms with Crippen LogP contribution >= 0.6 is 27.5 Å². The molecular formula is C12H14BrClN2O. The Morgan fingerprint density at radius 3 is 3.00 bits per heavy atom. The molecule has 1 saturated heterocycles. The minimum absolute atomic E-state index is 0.137. The van der Waals surface area contributed by atoms with Gasteiger partial charge in [-0.2, -0.15) is 0 Å². The van der Waals surface area contributed by atoms with Crippen molar-refractivity contribution in [3.63, 3.8) is 0 Å². The Morgan fingerprint density at radius 2 is 2.35 bits per heavy atom. The number of carbonyl (C=O) groups excluding carboxylic acids is 1. The second-order valence-corrected chi connectivity index (χ2v) is 5.53. The van der Waals surface area contributed by atoms with E-state index in [2.05, 4.69) is 26.6 Å². The van der Waals surface area contributed by atoms with E-state index in [1.165, 1.54) is 0 Å². The maximum Gasteiger partial charge on any atom is 0.220 e. The van der Waals surface area contributed by atoms with E-state index in [1.54, 1.807) is 0 Å². The van der Waals surface area contributed by atoms with Crippen molar-refractivity contribution in [3.05, 3.63) is 27.2 Å². The average molecular weight is 318 g/mol. The van der Waals surface area contributed by atoms with Crippen molar-refractivity contribution >= 4 is 39.1 Å². The van der Waals surface area contributed by atoms with Crippen LogP contribution in [0.3, 0.4) is 0 Å². The van der Waals surface area contributed by atoms with Crippen LogP contribution in [-0.4, -0.2) is 18.5 Å². The van der Waals surface area contributed by atoms with E-state index in [0.717, 1.165) is 33.7 Å². The third-order valence-corrected chi connectivity index (χ3v) is 3.94. The first-order valence-corrected chi connectivity index (χ1v) is 6.72. The van der Waals surface area contributed by atoms with Gasteiger partial charge in [0.2, 0.25) is 5.91 Å². The van der Waals surface area contributed by atoms with Crippen LogP contribution < -0.4 is 10.6 Å². The van der Waals surface area contributed by atoms with Gasteiger partial charge in [-0.1, -0.05) is 11.6 Å². The molecule has 0 radical (unpaired) electrons. The van der Waals surface area contributed by atoms with Gasteiger partial charge in [0.1, 0.15) is 0 Å². The lowest BCUT2D eigenvalue weighted by Crippen LogP contribution is -2.31. The molecule has 1 amide bonds. The molecule has 0 bridgehead atoms. The number of anilines is 1. The van der Waals surface area contributed by atoms with Gasteiger partial charge in [0.25, 0.3) is 0 Å². The quantitative estimate of drug-likeness (QED) is 0.899. The Balaban J connectivity index is 1.99. The smallest absolute Gasteiger partial charge is 0.220 e. The lowest BCUT2D eigenvalue weighted by atomic mass is 10.2. The van der Waals surface area contributed by atoms with Crippen LogP contribution in [0.15, 0.2) is 16.6 Å². The fourth-order valence-corrected chi connectivity index (χ4v) is 2.61. The maximum absolute atomic E-state index is 11.1. The van der Waals surface area contributed by atoms with Crippen LogP contribution in [0, 0.1) is 6.92 Å². The molecule has 1 heterocycles. The molecule has 1 aliphatic heterocycles. The molecule has 17 heavy (non-hydrogen) atoms. The molecule has 0 aliphatic carbocycles. The zero-order valence-electron chi connectivity index (χ0n) is 9.52. The normalized spacial score (nSPS) is 19.2. The zero-order valence-corrected chi connectivity index (χ0v) is 11.9. The van der Waals surface area contributed by atoms with Gasteiger partial charge in [-0.05, 0) is 47.0 Å². The second kappa shape index (κ2) is 5.27. The number of hydrogen-bond donors (Lipinski definition) is 2. The first-order chi connectivity index (χ1) is 8.06. The number of halogens is 2. The average Bonchev–Trinajstić information content (AvgIpc) is 2.68. The van der Waals surface area contributed by atoms with Gasteiger partial charge >= 0.3 is 0 Å². The van der Waals surface area contributed by atoms with Crippen LogP contribution in [-0.2, 0) is 4.79 Å². The summed E-state index contributed by atoms with van der Waals surface area (Å²) in [4.78, 5) is 11.1. The number of nitrogens with one attached hydrogen (secondary N) is 2. The highest BCUT2D eigenvalue weighted by Crippen LogP contribution is 2.29. The molecule has 1 aromatic carbocycles. The first kappa shape index (κ1) is 12.7. The SMILES string of the molecule is Cc1cc(Br)c(NCC2CCC(=O)N2)cc1Cl. The third kappa shape index (κ3) is 3.13. The van der Waals surface area contributed by atoms with Gasteiger partial charge in [0.15, 0.2) is 0 Å². The summed E-state index contributed by atoms with van der Waals surface area (Å²) in [5.74, 6) is 0.137. The number of amides is 1. The molecule has 5 heteroatoms. The van der Waals surface area contributed by atoms with Crippen LogP contribution in [0.25, 0.3) is 0 Å². The molecule has 0 saturated carbocycles. The largest absolute Gasteiger partial charge is 0.382 e. The highest BCUT2D eigenvalue weighted by molar-refractivity contribution is 9.10. The number of hydrogen-bond acceptors (Lipinski definition) is 2. The highest BCUT2D eigenvalue weighted by Gasteiger charge is 2.20. The van der Waals surface area contributed by atoms with Gasteiger partial charge < -0.3 is 10.6 Å². The molecule has 0 spiro atoms. The Kier molecular flexibility index (Phi) is 3.94. The molecule has 1 aromatic rings. The van der Waals surface area contributed by atoms with Crippen molar-refractivity contribution in [2.75, 3.05) is 11.9 Å². The third-order valence-electron chi connectivity index (χ3n) is 2.87. The molecule has 0 aromatic heterocycles. The predicted molar refractivity (Wildman–Crippen MR) is 73.5 cm³/mol. The van der Waals surface area contributed by atoms with Crippen LogP contribution in [0.4, 0.5) is 5.69 Å². The van der Waals surface area contributed by atoms with Crippen molar-refractivity contribution in [1.82, 2.24) is 5.32 Å². The van der Waals surface area contributed by atoms with Gasteiger partial charge in [0.05, 0.1) is 0 Å². The Hall–Kier alpha value is -0.740. The molecule has 1 aliphatic rings. The molecule has 2 rings (SSSR count). The molecule has 1 fully saturated rings. The molecule has 1 unspecified atom stereocenters. The van der Waals surface area contributed by atoms with E-state index < -0.39 is 0 Å². The topological polar surface area (TPSA) is 41.1 Å². The fraction of sp³-hybridized carbons (Fsp3) is 0.417. The van der Waals surface area contributed by atoms with Crippen molar-refractivity contribution < 1.29 is 4.79 Å². The van der Waals surface area contributed by atoms with Gasteiger partial charge in [-0.25, -0.2) is 0 Å². The summed E-state index contributed by atoms with van der Waals surface area (Å²) in [6, 6.07) is 4.10. The maximum atomic E-state index is 11.1. The second-order valence-electron chi connectivity index (χ2n) is 4.27. The first-order valence-electron chi connectivity index (χ1n) is 5.55. The summed E-state index contributed by atoms with van der Waals surface area (Å²) in [7, 11) is 0. The molecule has 3 nitrogen and oxygen atoms in total. The molecule has 2 N–H and O–H groups in total. The molecular weight excluding hydrogens is 304 g/mol. The van der Waals surface area contributed by atoms with Crippen molar-refractivity contribution in [2.45, 2.75) is 25.8 Å². The van der Waals surface area contributed by atoms with Crippen molar-refractivity contribution in [2.24, 2.45) is 0 Å². The van der Waals surface area contributed by atoms with Gasteiger partial charge in [0, 0.05) is 34.2 Å². The lowest BCUT2D eigenvalue weighted by molar-refractivity contribution is -0.119. The summed E-state index contributed by atoms with van der Waals surface area (Å²) >= 11 is 9.57. The fourth-order valence-electron chi connectivity index (χ4n) is 1.85. The van der Waals surface area contributed by atoms with E-state index in [1.807, 2.05) is 19.1 Å². The van der Waals surface area contributed by atoms with E-state index in [4.69, 9.17) is 11.6 Å². The van der Waals surface area contributed by atoms with E-state index >= 15 is 0 Å². The van der Waals surface area contributed by atoms with Crippen LogP contribution in [0.1, 0.15) is 18.4 Å². The van der Waals surface area contributed by atoms with E-state index in [-0.39, 0.29) is 11.9 Å². The predicted octanol–water partition coefficient (Wildman–Crippen LogP) is 3.10. The standard InChI is InChI=1S/C12H14BrClN2O/c1-7-4-9(13)11(5-10(7)14)15-6-8-2-3-12(17)16-8/h4-5,8,15H,2-3,6H2,1H3,(H,16,17). The molecule has 1 atom stereocenters. The number of benzene rings is 1. The van der Waals surface area contributed by atoms with Gasteiger partial charge in [-0.3, -0.25) is 4.79 Å². The number of aryl methyl sites for hydroxylation is 1. The number of rotatable bonds is 3. The summed E-state index contributed by atoms with van der Waals surface area (Å²) < 4.78 is 0.990.